The van der Waals surface area contributed by atoms with Crippen molar-refractivity contribution in [1.82, 2.24) is 31.5 Å². The monoisotopic (exact) mass is 910 g/mol. The summed E-state index contributed by atoms with van der Waals surface area (Å²) in [5.41, 5.74) is 4.71. The lowest BCUT2D eigenvalue weighted by atomic mass is 9.88. The van der Waals surface area contributed by atoms with Crippen molar-refractivity contribution in [2.24, 2.45) is 17.8 Å². The zero-order chi connectivity index (χ0) is 47.9. The molecule has 3 aromatic rings. The molecule has 0 aromatic heterocycles. The molecule has 1 heterocycles. The van der Waals surface area contributed by atoms with Crippen molar-refractivity contribution in [2.75, 3.05) is 32.8 Å². The summed E-state index contributed by atoms with van der Waals surface area (Å²) in [5, 5.41) is 22.2. The lowest BCUT2D eigenvalue weighted by molar-refractivity contribution is -0.142. The van der Waals surface area contributed by atoms with Crippen LogP contribution in [-0.4, -0.2) is 109 Å². The number of likely N-dealkylation sites (tertiary alicyclic amines) is 1. The van der Waals surface area contributed by atoms with Crippen LogP contribution in [0.15, 0.2) is 78.9 Å². The quantitative estimate of drug-likeness (QED) is 0.0791. The molecule has 1 aliphatic heterocycles. The van der Waals surface area contributed by atoms with Crippen LogP contribution in [0.3, 0.4) is 0 Å². The maximum Gasteiger partial charge on any atom is 0.409 e. The van der Waals surface area contributed by atoms with E-state index in [-0.39, 0.29) is 56.9 Å². The second-order valence-corrected chi connectivity index (χ2v) is 17.6. The lowest BCUT2D eigenvalue weighted by Crippen LogP contribution is -2.59. The number of rotatable bonds is 21. The number of benzene rings is 3. The molecular formula is C49H62N6O11. The highest BCUT2D eigenvalue weighted by molar-refractivity contribution is 6.38. The van der Waals surface area contributed by atoms with Gasteiger partial charge in [0, 0.05) is 19.0 Å². The summed E-state index contributed by atoms with van der Waals surface area (Å²) >= 11 is 0. The van der Waals surface area contributed by atoms with Gasteiger partial charge in [-0.25, -0.2) is 14.4 Å². The van der Waals surface area contributed by atoms with Crippen LogP contribution >= 0.6 is 0 Å². The third-order valence-electron chi connectivity index (χ3n) is 11.6. The second kappa shape index (κ2) is 23.9. The van der Waals surface area contributed by atoms with E-state index in [0.717, 1.165) is 22.3 Å². The van der Waals surface area contributed by atoms with Crippen molar-refractivity contribution in [3.05, 3.63) is 95.6 Å². The van der Waals surface area contributed by atoms with Gasteiger partial charge in [0.2, 0.25) is 23.5 Å². The number of amides is 6. The molecule has 17 heteroatoms. The fourth-order valence-corrected chi connectivity index (χ4v) is 8.25. The molecule has 1 aliphatic carbocycles. The number of ether oxygens (including phenoxy) is 2. The summed E-state index contributed by atoms with van der Waals surface area (Å²) in [6.07, 6.45) is -0.114. The van der Waals surface area contributed by atoms with Gasteiger partial charge in [0.15, 0.2) is 6.04 Å². The van der Waals surface area contributed by atoms with Crippen molar-refractivity contribution in [3.63, 3.8) is 0 Å². The van der Waals surface area contributed by atoms with Crippen LogP contribution in [0.1, 0.15) is 95.4 Å². The number of aliphatic carboxylic acids is 1. The number of ketones is 1. The van der Waals surface area contributed by atoms with E-state index in [1.165, 1.54) is 12.1 Å². The molecule has 6 amide bonds. The maximum absolute atomic E-state index is 14.2. The molecule has 0 radical (unpaired) electrons. The number of nitrogens with one attached hydrogen (secondary N) is 5. The Morgan fingerprint density at radius 3 is 1.88 bits per heavy atom. The van der Waals surface area contributed by atoms with Crippen molar-refractivity contribution >= 4 is 47.6 Å². The molecule has 3 aromatic carbocycles. The summed E-state index contributed by atoms with van der Waals surface area (Å²) in [7, 11) is 0. The summed E-state index contributed by atoms with van der Waals surface area (Å²) in [6.45, 7) is 9.17. The third kappa shape index (κ3) is 13.6. The first-order chi connectivity index (χ1) is 31.6. The number of carboxylic acid groups (broad SMARTS) is 1. The van der Waals surface area contributed by atoms with E-state index in [1.807, 2.05) is 64.1 Å². The topological polar surface area (TPSA) is 239 Å². The van der Waals surface area contributed by atoms with Crippen LogP contribution in [0.5, 0.6) is 0 Å². The van der Waals surface area contributed by atoms with Gasteiger partial charge in [-0.1, -0.05) is 120 Å². The number of carbonyl (C=O) groups is 8. The molecule has 0 saturated carbocycles. The van der Waals surface area contributed by atoms with Gasteiger partial charge in [0.25, 0.3) is 5.91 Å². The summed E-state index contributed by atoms with van der Waals surface area (Å²) in [6, 6.07) is 19.0. The van der Waals surface area contributed by atoms with Crippen molar-refractivity contribution in [2.45, 2.75) is 96.8 Å². The Kier molecular flexibility index (Phi) is 18.2. The van der Waals surface area contributed by atoms with Crippen LogP contribution in [0.2, 0.25) is 0 Å². The molecule has 5 rings (SSSR count). The van der Waals surface area contributed by atoms with Gasteiger partial charge in [0.05, 0.1) is 19.2 Å². The van der Waals surface area contributed by atoms with Gasteiger partial charge in [-0.3, -0.25) is 24.0 Å². The standard InChI is InChI=1S/C49H62N6O11/c1-6-14-38(43(57)46(60)50-26-40(56)53-42(47(61)62)31-15-8-7-9-16-31)51-44(58)39(25-29(2)3)52-45(59)41(54-48(63)65-27-30(4)5)32-21-23-55(24-22-32)49(64)66-28-37-35-19-12-10-17-33(35)34-18-11-13-20-36(34)37/h7-13,15-20,29-30,32,37-39,41-42H,6,14,21-28H2,1-5H3,(H,50,60)(H,51,58)(H,52,59)(H,53,56)(H,54,63)(H,61,62)/t38?,39-,41-,42-/m0/s1. The Hall–Kier alpha value is -6.78. The van der Waals surface area contributed by atoms with E-state index in [9.17, 15) is 43.5 Å². The third-order valence-corrected chi connectivity index (χ3v) is 11.6. The van der Waals surface area contributed by atoms with E-state index in [0.29, 0.717) is 24.8 Å². The average Bonchev–Trinajstić information content (AvgIpc) is 3.62. The number of piperidine rings is 1. The van der Waals surface area contributed by atoms with Crippen LogP contribution in [0, 0.1) is 17.8 Å². The molecule has 0 spiro atoms. The average molecular weight is 911 g/mol. The number of nitrogens with zero attached hydrogens (tertiary/aromatic N) is 1. The number of carbonyl (C=O) groups excluding carboxylic acids is 7. The number of hydrogen-bond acceptors (Lipinski definition) is 10. The van der Waals surface area contributed by atoms with Gasteiger partial charge < -0.3 is 46.1 Å². The van der Waals surface area contributed by atoms with Gasteiger partial charge in [-0.15, -0.1) is 0 Å². The molecule has 4 atom stereocenters. The van der Waals surface area contributed by atoms with Crippen LogP contribution in [0.25, 0.3) is 11.1 Å². The maximum atomic E-state index is 14.2. The summed E-state index contributed by atoms with van der Waals surface area (Å²) < 4.78 is 11.3. The highest BCUT2D eigenvalue weighted by atomic mass is 16.6. The molecule has 0 bridgehead atoms. The Morgan fingerprint density at radius 1 is 0.712 bits per heavy atom. The minimum Gasteiger partial charge on any atom is -0.479 e. The normalized spacial score (nSPS) is 15.3. The van der Waals surface area contributed by atoms with Gasteiger partial charge >= 0.3 is 18.2 Å². The van der Waals surface area contributed by atoms with Crippen LogP contribution < -0.4 is 26.6 Å². The molecular weight excluding hydrogens is 849 g/mol. The molecule has 2 aliphatic rings. The zero-order valence-electron chi connectivity index (χ0n) is 38.2. The number of carboxylic acids is 1. The Morgan fingerprint density at radius 2 is 1.30 bits per heavy atom. The van der Waals surface area contributed by atoms with Crippen molar-refractivity contribution < 1.29 is 52.9 Å². The highest BCUT2D eigenvalue weighted by Crippen LogP contribution is 2.44. The molecule has 354 valence electrons. The largest absolute Gasteiger partial charge is 0.479 e. The molecule has 66 heavy (non-hydrogen) atoms. The molecule has 1 saturated heterocycles. The number of Topliss-reactive ketones (excluding diaryl/α,β-unsaturated/α-hetero) is 1. The van der Waals surface area contributed by atoms with E-state index < -0.39 is 84.2 Å². The smallest absolute Gasteiger partial charge is 0.409 e. The minimum absolute atomic E-state index is 0.0181. The molecule has 6 N–H and O–H groups in total. The van der Waals surface area contributed by atoms with Gasteiger partial charge in [-0.05, 0) is 71.3 Å². The predicted octanol–water partition coefficient (Wildman–Crippen LogP) is 4.84. The van der Waals surface area contributed by atoms with Crippen LogP contribution in [0.4, 0.5) is 9.59 Å². The predicted molar refractivity (Wildman–Crippen MR) is 244 cm³/mol. The van der Waals surface area contributed by atoms with Crippen LogP contribution in [-0.2, 0) is 38.2 Å². The fourth-order valence-electron chi connectivity index (χ4n) is 8.25. The lowest BCUT2D eigenvalue weighted by Gasteiger charge is -2.36. The Balaban J connectivity index is 1.21. The number of fused-ring (bicyclic) bond motifs is 3. The molecule has 17 nitrogen and oxygen atoms in total. The van der Waals surface area contributed by atoms with Gasteiger partial charge in [-0.2, -0.15) is 0 Å². The number of alkyl carbamates (subject to hydrolysis) is 1. The molecule has 1 unspecified atom stereocenters. The first kappa shape index (κ1) is 50.2. The van der Waals surface area contributed by atoms with E-state index in [4.69, 9.17) is 9.47 Å². The first-order valence-corrected chi connectivity index (χ1v) is 22.6. The summed E-state index contributed by atoms with van der Waals surface area (Å²) in [5.74, 6) is -6.50. The fraction of sp³-hybridized carbons (Fsp3) is 0.469. The summed E-state index contributed by atoms with van der Waals surface area (Å²) in [4.78, 5) is 107. The Labute approximate surface area is 385 Å². The Bertz CT molecular complexity index is 2160. The van der Waals surface area contributed by atoms with E-state index in [2.05, 4.69) is 38.7 Å². The van der Waals surface area contributed by atoms with E-state index >= 15 is 0 Å². The van der Waals surface area contributed by atoms with Gasteiger partial charge in [0.1, 0.15) is 18.7 Å². The van der Waals surface area contributed by atoms with E-state index in [1.54, 1.807) is 30.0 Å². The number of hydrogen-bond donors (Lipinski definition) is 6. The zero-order valence-corrected chi connectivity index (χ0v) is 38.2. The molecule has 1 fully saturated rings. The minimum atomic E-state index is -1.39. The SMILES string of the molecule is CCCC(NC(=O)[C@H](CC(C)C)NC(=O)[C@@H](NC(=O)OCC(C)C)C1CCN(C(=O)OCC2c3ccccc3-c3ccccc32)CC1)C(=O)C(=O)NCC(=O)N[C@H](C(=O)O)c1ccccc1. The highest BCUT2D eigenvalue weighted by Gasteiger charge is 2.38. The van der Waals surface area contributed by atoms with Crippen molar-refractivity contribution in [3.8, 4) is 11.1 Å². The second-order valence-electron chi connectivity index (χ2n) is 17.6. The van der Waals surface area contributed by atoms with Crippen molar-refractivity contribution in [1.29, 1.82) is 0 Å². The first-order valence-electron chi connectivity index (χ1n) is 22.6.